The summed E-state index contributed by atoms with van der Waals surface area (Å²) in [6.07, 6.45) is -0.328. The largest absolute Gasteiger partial charge is 0.481 e. The molecule has 2 aromatic carbocycles. The maximum absolute atomic E-state index is 13.3. The molecule has 28 heavy (non-hydrogen) atoms. The molecule has 1 unspecified atom stereocenters. The Hall–Kier alpha value is -2.96. The van der Waals surface area contributed by atoms with Crippen molar-refractivity contribution in [1.29, 1.82) is 0 Å². The lowest BCUT2D eigenvalue weighted by Crippen LogP contribution is -2.51. The fourth-order valence-corrected chi connectivity index (χ4v) is 3.55. The number of rotatable bonds is 5. The van der Waals surface area contributed by atoms with E-state index < -0.39 is 29.1 Å². The molecule has 3 rings (SSSR count). The zero-order valence-electron chi connectivity index (χ0n) is 15.4. The van der Waals surface area contributed by atoms with Crippen LogP contribution in [0.1, 0.15) is 25.3 Å². The molecule has 1 aliphatic heterocycles. The second kappa shape index (κ2) is 7.96. The molecule has 2 aromatic rings. The molecule has 148 valence electrons. The molecule has 1 fully saturated rings. The molecular formula is C21H21F2NO4. The van der Waals surface area contributed by atoms with Crippen LogP contribution in [0.25, 0.3) is 0 Å². The first kappa shape index (κ1) is 19.8. The average Bonchev–Trinajstić information content (AvgIpc) is 2.70. The number of hydrogen-bond acceptors (Lipinski definition) is 3. The summed E-state index contributed by atoms with van der Waals surface area (Å²) in [4.78, 5) is 26.2. The van der Waals surface area contributed by atoms with E-state index in [2.05, 4.69) is 0 Å². The highest BCUT2D eigenvalue weighted by molar-refractivity contribution is 5.84. The highest BCUT2D eigenvalue weighted by Gasteiger charge is 2.44. The van der Waals surface area contributed by atoms with Gasteiger partial charge in [0.05, 0.1) is 5.41 Å². The van der Waals surface area contributed by atoms with Crippen molar-refractivity contribution in [3.63, 3.8) is 0 Å². The number of nitrogens with zero attached hydrogens (tertiary/aromatic N) is 1. The molecule has 1 atom stereocenters. The van der Waals surface area contributed by atoms with Crippen molar-refractivity contribution in [2.24, 2.45) is 0 Å². The average molecular weight is 389 g/mol. The first-order valence-electron chi connectivity index (χ1n) is 9.03. The molecule has 0 radical (unpaired) electrons. The summed E-state index contributed by atoms with van der Waals surface area (Å²) < 4.78 is 31.7. The Morgan fingerprint density at radius 1 is 1.07 bits per heavy atom. The van der Waals surface area contributed by atoms with E-state index in [1.54, 1.807) is 29.2 Å². The monoisotopic (exact) mass is 389 g/mol. The lowest BCUT2D eigenvalue weighted by atomic mass is 9.73. The number of ether oxygens (including phenoxy) is 1. The Morgan fingerprint density at radius 3 is 2.29 bits per heavy atom. The van der Waals surface area contributed by atoms with Crippen molar-refractivity contribution < 1.29 is 28.2 Å². The lowest BCUT2D eigenvalue weighted by Gasteiger charge is -2.40. The number of aliphatic carboxylic acids is 1. The van der Waals surface area contributed by atoms with Gasteiger partial charge in [0.1, 0.15) is 5.75 Å². The summed E-state index contributed by atoms with van der Waals surface area (Å²) in [5.74, 6) is -3.22. The molecule has 1 N–H and O–H groups in total. The fourth-order valence-electron chi connectivity index (χ4n) is 3.55. The number of amides is 1. The smallest absolute Gasteiger partial charge is 0.314 e. The molecule has 1 aliphatic rings. The molecule has 0 saturated carbocycles. The number of carboxylic acids is 1. The number of hydrogen-bond donors (Lipinski definition) is 1. The molecule has 0 bridgehead atoms. The molecule has 1 saturated heterocycles. The van der Waals surface area contributed by atoms with Crippen LogP contribution >= 0.6 is 0 Å². The Morgan fingerprint density at radius 2 is 1.71 bits per heavy atom. The number of carbonyl (C=O) groups is 2. The van der Waals surface area contributed by atoms with Crippen LogP contribution in [0.2, 0.25) is 0 Å². The van der Waals surface area contributed by atoms with Gasteiger partial charge in [-0.25, -0.2) is 8.78 Å². The Kier molecular flexibility index (Phi) is 5.63. The second-order valence-electron chi connectivity index (χ2n) is 6.91. The third-order valence-corrected chi connectivity index (χ3v) is 5.22. The Bertz CT molecular complexity index is 864. The van der Waals surface area contributed by atoms with Gasteiger partial charge in [0, 0.05) is 19.2 Å². The normalized spacial score (nSPS) is 17.0. The fraction of sp³-hybridized carbons (Fsp3) is 0.333. The summed E-state index contributed by atoms with van der Waals surface area (Å²) in [7, 11) is 0. The van der Waals surface area contributed by atoms with Gasteiger partial charge in [-0.05, 0) is 37.5 Å². The predicted molar refractivity (Wildman–Crippen MR) is 98.0 cm³/mol. The van der Waals surface area contributed by atoms with Gasteiger partial charge >= 0.3 is 5.97 Å². The highest BCUT2D eigenvalue weighted by atomic mass is 19.2. The van der Waals surface area contributed by atoms with Crippen molar-refractivity contribution in [2.45, 2.75) is 31.3 Å². The first-order chi connectivity index (χ1) is 13.3. The molecule has 1 heterocycles. The SMILES string of the molecule is CC(Oc1ccc(F)c(F)c1)C(=O)N1CCC(C(=O)O)(c2ccccc2)CC1. The highest BCUT2D eigenvalue weighted by Crippen LogP contribution is 2.36. The van der Waals surface area contributed by atoms with Crippen LogP contribution in [0.5, 0.6) is 5.75 Å². The van der Waals surface area contributed by atoms with E-state index in [9.17, 15) is 23.5 Å². The van der Waals surface area contributed by atoms with Crippen molar-refractivity contribution >= 4 is 11.9 Å². The summed E-state index contributed by atoms with van der Waals surface area (Å²) in [6.45, 7) is 2.07. The third kappa shape index (κ3) is 3.83. The maximum atomic E-state index is 13.3. The summed E-state index contributed by atoms with van der Waals surface area (Å²) >= 11 is 0. The zero-order chi connectivity index (χ0) is 20.3. The Labute approximate surface area is 161 Å². The second-order valence-corrected chi connectivity index (χ2v) is 6.91. The summed E-state index contributed by atoms with van der Waals surface area (Å²) in [5, 5.41) is 9.83. The number of halogens is 2. The van der Waals surface area contributed by atoms with Crippen molar-refractivity contribution in [3.05, 3.63) is 65.7 Å². The maximum Gasteiger partial charge on any atom is 0.314 e. The summed E-state index contributed by atoms with van der Waals surface area (Å²) in [5.41, 5.74) is -0.303. The van der Waals surface area contributed by atoms with Crippen LogP contribution in [0, 0.1) is 11.6 Å². The van der Waals surface area contributed by atoms with Gasteiger partial charge in [0.2, 0.25) is 0 Å². The van der Waals surface area contributed by atoms with E-state index in [1.165, 1.54) is 13.0 Å². The minimum Gasteiger partial charge on any atom is -0.481 e. The standard InChI is InChI=1S/C21H21F2NO4/c1-14(28-16-7-8-17(22)18(23)13-16)19(25)24-11-9-21(10-12-24,20(26)27)15-5-3-2-4-6-15/h2-8,13-14H,9-12H2,1H3,(H,26,27). The van der Waals surface area contributed by atoms with Crippen LogP contribution in [-0.2, 0) is 15.0 Å². The first-order valence-corrected chi connectivity index (χ1v) is 9.03. The van der Waals surface area contributed by atoms with E-state index in [1.807, 2.05) is 6.07 Å². The lowest BCUT2D eigenvalue weighted by molar-refractivity contribution is -0.149. The van der Waals surface area contributed by atoms with Gasteiger partial charge in [0.15, 0.2) is 17.7 Å². The number of likely N-dealkylation sites (tertiary alicyclic amines) is 1. The van der Waals surface area contributed by atoms with Gasteiger partial charge in [-0.2, -0.15) is 0 Å². The van der Waals surface area contributed by atoms with E-state index in [-0.39, 0.29) is 37.6 Å². The predicted octanol–water partition coefficient (Wildman–Crippen LogP) is 3.38. The summed E-state index contributed by atoms with van der Waals surface area (Å²) in [6, 6.07) is 12.1. The van der Waals surface area contributed by atoms with Crippen molar-refractivity contribution in [2.75, 3.05) is 13.1 Å². The number of benzene rings is 2. The number of piperidine rings is 1. The van der Waals surface area contributed by atoms with Crippen LogP contribution in [0.4, 0.5) is 8.78 Å². The van der Waals surface area contributed by atoms with Gasteiger partial charge < -0.3 is 14.7 Å². The molecule has 7 heteroatoms. The minimum atomic E-state index is -1.05. The minimum absolute atomic E-state index is 0.0564. The molecule has 0 aromatic heterocycles. The van der Waals surface area contributed by atoms with Gasteiger partial charge in [-0.3, -0.25) is 9.59 Å². The van der Waals surface area contributed by atoms with E-state index in [0.717, 1.165) is 17.7 Å². The van der Waals surface area contributed by atoms with Gasteiger partial charge in [0.25, 0.3) is 5.91 Å². The Balaban J connectivity index is 1.67. The van der Waals surface area contributed by atoms with E-state index >= 15 is 0 Å². The molecular weight excluding hydrogens is 368 g/mol. The molecule has 0 aliphatic carbocycles. The van der Waals surface area contributed by atoms with E-state index in [4.69, 9.17) is 4.74 Å². The quantitative estimate of drug-likeness (QED) is 0.851. The van der Waals surface area contributed by atoms with Crippen molar-refractivity contribution in [1.82, 2.24) is 4.90 Å². The third-order valence-electron chi connectivity index (χ3n) is 5.22. The molecule has 0 spiro atoms. The van der Waals surface area contributed by atoms with Crippen LogP contribution in [0.15, 0.2) is 48.5 Å². The van der Waals surface area contributed by atoms with Crippen molar-refractivity contribution in [3.8, 4) is 5.75 Å². The van der Waals surface area contributed by atoms with Gasteiger partial charge in [-0.15, -0.1) is 0 Å². The van der Waals surface area contributed by atoms with Gasteiger partial charge in [-0.1, -0.05) is 30.3 Å². The van der Waals surface area contributed by atoms with E-state index in [0.29, 0.717) is 0 Å². The number of carbonyl (C=O) groups excluding carboxylic acids is 1. The van der Waals surface area contributed by atoms with Crippen LogP contribution in [-0.4, -0.2) is 41.1 Å². The zero-order valence-corrected chi connectivity index (χ0v) is 15.4. The molecule has 5 nitrogen and oxygen atoms in total. The van der Waals surface area contributed by atoms with Crippen LogP contribution < -0.4 is 4.74 Å². The van der Waals surface area contributed by atoms with Crippen LogP contribution in [0.3, 0.4) is 0 Å². The topological polar surface area (TPSA) is 66.8 Å². The number of carboxylic acid groups (broad SMARTS) is 1. The molecule has 1 amide bonds.